The molecule has 1 aromatic heterocycles. The van der Waals surface area contributed by atoms with E-state index in [9.17, 15) is 0 Å². The molecule has 0 saturated carbocycles. The molecule has 3 nitrogen and oxygen atoms in total. The average molecular weight is 277 g/mol. The lowest BCUT2D eigenvalue weighted by molar-refractivity contribution is 0.813. The predicted molar refractivity (Wildman–Crippen MR) is 86.5 cm³/mol. The summed E-state index contributed by atoms with van der Waals surface area (Å²) in [5, 5.41) is 7.67. The first-order chi connectivity index (χ1) is 10.3. The molecule has 106 valence electrons. The molecule has 0 spiro atoms. The van der Waals surface area contributed by atoms with Gasteiger partial charge < -0.3 is 5.32 Å². The maximum absolute atomic E-state index is 4.50. The van der Waals surface area contributed by atoms with Gasteiger partial charge in [0.15, 0.2) is 0 Å². The minimum Gasteiger partial charge on any atom is -0.316 e. The Hall–Kier alpha value is -2.39. The molecule has 0 fully saturated rings. The number of benzene rings is 2. The summed E-state index contributed by atoms with van der Waals surface area (Å²) in [6.45, 7) is 3.01. The zero-order valence-corrected chi connectivity index (χ0v) is 12.4. The molecular formula is C18H19N3. The van der Waals surface area contributed by atoms with Crippen LogP contribution in [-0.2, 0) is 6.54 Å². The fourth-order valence-corrected chi connectivity index (χ4v) is 2.52. The van der Waals surface area contributed by atoms with E-state index in [2.05, 4.69) is 53.9 Å². The van der Waals surface area contributed by atoms with Crippen LogP contribution in [0.25, 0.3) is 16.8 Å². The summed E-state index contributed by atoms with van der Waals surface area (Å²) < 4.78 is 1.95. The number of aromatic nitrogens is 2. The van der Waals surface area contributed by atoms with Crippen LogP contribution in [0, 0.1) is 6.92 Å². The fraction of sp³-hybridized carbons (Fsp3) is 0.167. The van der Waals surface area contributed by atoms with Crippen molar-refractivity contribution in [3.05, 3.63) is 72.1 Å². The van der Waals surface area contributed by atoms with E-state index in [1.165, 1.54) is 16.7 Å². The number of rotatable bonds is 4. The first-order valence-electron chi connectivity index (χ1n) is 7.12. The minimum atomic E-state index is 0.884. The van der Waals surface area contributed by atoms with Crippen LogP contribution in [0.1, 0.15) is 11.1 Å². The zero-order chi connectivity index (χ0) is 14.7. The molecule has 0 amide bonds. The van der Waals surface area contributed by atoms with Crippen molar-refractivity contribution in [3.63, 3.8) is 0 Å². The van der Waals surface area contributed by atoms with Crippen LogP contribution in [0.2, 0.25) is 0 Å². The molecule has 3 aromatic rings. The normalized spacial score (nSPS) is 10.8. The fourth-order valence-electron chi connectivity index (χ4n) is 2.52. The molecule has 3 heteroatoms. The lowest BCUT2D eigenvalue weighted by Crippen LogP contribution is -2.06. The van der Waals surface area contributed by atoms with Gasteiger partial charge in [-0.25, -0.2) is 4.68 Å². The molecule has 1 heterocycles. The second kappa shape index (κ2) is 5.94. The summed E-state index contributed by atoms with van der Waals surface area (Å²) >= 11 is 0. The monoisotopic (exact) mass is 277 g/mol. The summed E-state index contributed by atoms with van der Waals surface area (Å²) in [5.74, 6) is 0. The maximum Gasteiger partial charge on any atom is 0.0675 e. The third kappa shape index (κ3) is 2.88. The van der Waals surface area contributed by atoms with Gasteiger partial charge in [-0.05, 0) is 36.7 Å². The van der Waals surface area contributed by atoms with Gasteiger partial charge in [0.2, 0.25) is 0 Å². The van der Waals surface area contributed by atoms with E-state index < -0.39 is 0 Å². The first-order valence-corrected chi connectivity index (χ1v) is 7.12. The molecule has 1 N–H and O–H groups in total. The van der Waals surface area contributed by atoms with Crippen molar-refractivity contribution >= 4 is 0 Å². The molecule has 0 radical (unpaired) electrons. The lowest BCUT2D eigenvalue weighted by Gasteiger charge is -2.08. The van der Waals surface area contributed by atoms with Gasteiger partial charge in [-0.3, -0.25) is 0 Å². The quantitative estimate of drug-likeness (QED) is 0.790. The third-order valence-electron chi connectivity index (χ3n) is 3.58. The van der Waals surface area contributed by atoms with Crippen molar-refractivity contribution in [3.8, 4) is 16.8 Å². The highest BCUT2D eigenvalue weighted by Gasteiger charge is 2.06. The van der Waals surface area contributed by atoms with Crippen LogP contribution in [0.4, 0.5) is 0 Å². The molecule has 3 rings (SSSR count). The molecule has 0 aliphatic carbocycles. The van der Waals surface area contributed by atoms with E-state index >= 15 is 0 Å². The van der Waals surface area contributed by atoms with Crippen LogP contribution in [0.5, 0.6) is 0 Å². The van der Waals surface area contributed by atoms with Gasteiger partial charge in [-0.2, -0.15) is 5.10 Å². The Morgan fingerprint density at radius 2 is 1.86 bits per heavy atom. The highest BCUT2D eigenvalue weighted by molar-refractivity contribution is 5.62. The van der Waals surface area contributed by atoms with Gasteiger partial charge in [0.1, 0.15) is 0 Å². The second-order valence-corrected chi connectivity index (χ2v) is 5.19. The molecule has 21 heavy (non-hydrogen) atoms. The smallest absolute Gasteiger partial charge is 0.0675 e. The molecule has 0 aliphatic heterocycles. The number of nitrogens with zero attached hydrogens (tertiary/aromatic N) is 2. The number of nitrogens with one attached hydrogen (secondary N) is 1. The van der Waals surface area contributed by atoms with E-state index in [-0.39, 0.29) is 0 Å². The Kier molecular flexibility index (Phi) is 3.84. The lowest BCUT2D eigenvalue weighted by atomic mass is 10.1. The molecule has 0 bridgehead atoms. The molecule has 2 aromatic carbocycles. The summed E-state index contributed by atoms with van der Waals surface area (Å²) in [4.78, 5) is 0. The van der Waals surface area contributed by atoms with E-state index in [0.29, 0.717) is 0 Å². The van der Waals surface area contributed by atoms with Gasteiger partial charge in [-0.15, -0.1) is 0 Å². The van der Waals surface area contributed by atoms with Gasteiger partial charge in [0, 0.05) is 18.3 Å². The highest BCUT2D eigenvalue weighted by atomic mass is 15.3. The van der Waals surface area contributed by atoms with Crippen molar-refractivity contribution in [2.45, 2.75) is 13.5 Å². The Labute approximate surface area is 125 Å². The Balaban J connectivity index is 1.93. The molecule has 0 unspecified atom stereocenters. The van der Waals surface area contributed by atoms with Crippen molar-refractivity contribution in [1.29, 1.82) is 0 Å². The zero-order valence-electron chi connectivity index (χ0n) is 12.4. The standard InChI is InChI=1S/C18H19N3/c1-14-10-15(11-19-2)8-9-18(14)21-13-17(12-20-21)16-6-4-3-5-7-16/h3-10,12-13,19H,11H2,1-2H3. The third-order valence-corrected chi connectivity index (χ3v) is 3.58. The van der Waals surface area contributed by atoms with E-state index in [1.807, 2.05) is 36.1 Å². The second-order valence-electron chi connectivity index (χ2n) is 5.19. The van der Waals surface area contributed by atoms with Gasteiger partial charge in [0.05, 0.1) is 11.9 Å². The summed E-state index contributed by atoms with van der Waals surface area (Å²) in [7, 11) is 1.96. The number of aryl methyl sites for hydroxylation is 1. The number of hydrogen-bond acceptors (Lipinski definition) is 2. The largest absolute Gasteiger partial charge is 0.316 e. The van der Waals surface area contributed by atoms with E-state index in [4.69, 9.17) is 0 Å². The Bertz CT molecular complexity index is 729. The topological polar surface area (TPSA) is 29.9 Å². The van der Waals surface area contributed by atoms with Crippen molar-refractivity contribution in [2.75, 3.05) is 7.05 Å². The summed E-state index contributed by atoms with van der Waals surface area (Å²) in [6.07, 6.45) is 3.99. The number of hydrogen-bond donors (Lipinski definition) is 1. The minimum absolute atomic E-state index is 0.884. The first kappa shape index (κ1) is 13.6. The SMILES string of the molecule is CNCc1ccc(-n2cc(-c3ccccc3)cn2)c(C)c1. The Morgan fingerprint density at radius 1 is 1.05 bits per heavy atom. The molecule has 0 saturated heterocycles. The van der Waals surface area contributed by atoms with Gasteiger partial charge in [-0.1, -0.05) is 42.5 Å². The molecule has 0 atom stereocenters. The van der Waals surface area contributed by atoms with E-state index in [1.54, 1.807) is 0 Å². The van der Waals surface area contributed by atoms with Gasteiger partial charge >= 0.3 is 0 Å². The van der Waals surface area contributed by atoms with Crippen molar-refractivity contribution < 1.29 is 0 Å². The maximum atomic E-state index is 4.50. The van der Waals surface area contributed by atoms with Gasteiger partial charge in [0.25, 0.3) is 0 Å². The van der Waals surface area contributed by atoms with Crippen molar-refractivity contribution in [1.82, 2.24) is 15.1 Å². The molecular weight excluding hydrogens is 258 g/mol. The molecule has 0 aliphatic rings. The summed E-state index contributed by atoms with van der Waals surface area (Å²) in [6, 6.07) is 16.8. The van der Waals surface area contributed by atoms with Crippen LogP contribution >= 0.6 is 0 Å². The predicted octanol–water partition coefficient (Wildman–Crippen LogP) is 3.57. The van der Waals surface area contributed by atoms with Crippen LogP contribution in [0.15, 0.2) is 60.9 Å². The van der Waals surface area contributed by atoms with Crippen LogP contribution < -0.4 is 5.32 Å². The van der Waals surface area contributed by atoms with Crippen LogP contribution in [0.3, 0.4) is 0 Å². The average Bonchev–Trinajstić information content (AvgIpc) is 2.98. The highest BCUT2D eigenvalue weighted by Crippen LogP contribution is 2.21. The summed E-state index contributed by atoms with van der Waals surface area (Å²) in [5.41, 5.74) is 5.96. The Morgan fingerprint density at radius 3 is 2.57 bits per heavy atom. The van der Waals surface area contributed by atoms with E-state index in [0.717, 1.165) is 17.8 Å². The van der Waals surface area contributed by atoms with Crippen molar-refractivity contribution in [2.24, 2.45) is 0 Å². The van der Waals surface area contributed by atoms with Crippen LogP contribution in [-0.4, -0.2) is 16.8 Å².